The summed E-state index contributed by atoms with van der Waals surface area (Å²) >= 11 is 0. The molecule has 0 aromatic rings. The highest BCUT2D eigenvalue weighted by Crippen LogP contribution is 2.10. The van der Waals surface area contributed by atoms with Gasteiger partial charge in [0.1, 0.15) is 9.84 Å². The first kappa shape index (κ1) is 22.4. The SMILES string of the molecule is CCCCCCCCCCCCOC(=O)C(O)CCS(C)(=O)=O. The number of sulfone groups is 1. The number of esters is 1. The zero-order chi connectivity index (χ0) is 17.6. The van der Waals surface area contributed by atoms with Gasteiger partial charge < -0.3 is 9.84 Å². The van der Waals surface area contributed by atoms with Crippen molar-refractivity contribution in [2.75, 3.05) is 18.6 Å². The number of rotatable bonds is 15. The molecule has 6 heteroatoms. The van der Waals surface area contributed by atoms with E-state index in [9.17, 15) is 18.3 Å². The van der Waals surface area contributed by atoms with Gasteiger partial charge in [-0.25, -0.2) is 13.2 Å². The largest absolute Gasteiger partial charge is 0.464 e. The van der Waals surface area contributed by atoms with Crippen LogP contribution in [0.25, 0.3) is 0 Å². The topological polar surface area (TPSA) is 80.7 Å². The fraction of sp³-hybridized carbons (Fsp3) is 0.941. The maximum Gasteiger partial charge on any atom is 0.334 e. The van der Waals surface area contributed by atoms with Crippen LogP contribution in [0.4, 0.5) is 0 Å². The van der Waals surface area contributed by atoms with Crippen molar-refractivity contribution < 1.29 is 23.1 Å². The van der Waals surface area contributed by atoms with Crippen molar-refractivity contribution in [1.29, 1.82) is 0 Å². The lowest BCUT2D eigenvalue weighted by molar-refractivity contribution is -0.153. The summed E-state index contributed by atoms with van der Waals surface area (Å²) in [4.78, 5) is 11.5. The van der Waals surface area contributed by atoms with Crippen LogP contribution in [0.5, 0.6) is 0 Å². The molecule has 0 saturated carbocycles. The molecule has 1 N–H and O–H groups in total. The second kappa shape index (κ2) is 13.8. The summed E-state index contributed by atoms with van der Waals surface area (Å²) in [6.45, 7) is 2.52. The Bertz CT molecular complexity index is 392. The average Bonchev–Trinajstić information content (AvgIpc) is 2.49. The molecule has 0 aromatic carbocycles. The van der Waals surface area contributed by atoms with Crippen LogP contribution in [-0.4, -0.2) is 44.2 Å². The summed E-state index contributed by atoms with van der Waals surface area (Å²) in [5, 5.41) is 9.50. The molecular weight excluding hydrogens is 316 g/mol. The number of hydrogen-bond donors (Lipinski definition) is 1. The number of ether oxygens (including phenoxy) is 1. The summed E-state index contributed by atoms with van der Waals surface area (Å²) in [5.41, 5.74) is 0. The molecule has 0 aromatic heterocycles. The highest BCUT2D eigenvalue weighted by Gasteiger charge is 2.18. The zero-order valence-corrected chi connectivity index (χ0v) is 15.6. The third-order valence-electron chi connectivity index (χ3n) is 3.78. The second-order valence-corrected chi connectivity index (χ2v) is 8.54. The number of hydrogen-bond acceptors (Lipinski definition) is 5. The van der Waals surface area contributed by atoms with Gasteiger partial charge in [-0.1, -0.05) is 64.7 Å². The normalized spacial score (nSPS) is 13.0. The minimum absolute atomic E-state index is 0.101. The molecule has 0 spiro atoms. The highest BCUT2D eigenvalue weighted by atomic mass is 32.2. The molecule has 0 saturated heterocycles. The van der Waals surface area contributed by atoms with Gasteiger partial charge >= 0.3 is 5.97 Å². The minimum Gasteiger partial charge on any atom is -0.464 e. The summed E-state index contributed by atoms with van der Waals surface area (Å²) in [7, 11) is -3.17. The minimum atomic E-state index is -3.17. The number of unbranched alkanes of at least 4 members (excludes halogenated alkanes) is 9. The van der Waals surface area contributed by atoms with E-state index in [-0.39, 0.29) is 12.2 Å². The zero-order valence-electron chi connectivity index (χ0n) is 14.8. The molecule has 0 radical (unpaired) electrons. The van der Waals surface area contributed by atoms with Crippen LogP contribution in [0.3, 0.4) is 0 Å². The van der Waals surface area contributed by atoms with Crippen molar-refractivity contribution in [3.63, 3.8) is 0 Å². The van der Waals surface area contributed by atoms with Gasteiger partial charge in [0, 0.05) is 6.26 Å². The third kappa shape index (κ3) is 16.0. The smallest absolute Gasteiger partial charge is 0.334 e. The standard InChI is InChI=1S/C17H34O5S/c1-3-4-5-6-7-8-9-10-11-12-14-22-17(19)16(18)13-15-23(2,20)21/h16,18H,3-15H2,1-2H3. The average molecular weight is 351 g/mol. The monoisotopic (exact) mass is 350 g/mol. The molecule has 0 aliphatic rings. The lowest BCUT2D eigenvalue weighted by Crippen LogP contribution is -2.26. The Hall–Kier alpha value is -0.620. The molecule has 23 heavy (non-hydrogen) atoms. The molecule has 0 aliphatic heterocycles. The van der Waals surface area contributed by atoms with Crippen LogP contribution >= 0.6 is 0 Å². The molecule has 5 nitrogen and oxygen atoms in total. The molecule has 1 unspecified atom stereocenters. The fourth-order valence-corrected chi connectivity index (χ4v) is 2.95. The Balaban J connectivity index is 3.41. The first-order valence-corrected chi connectivity index (χ1v) is 10.9. The van der Waals surface area contributed by atoms with Gasteiger partial charge in [-0.3, -0.25) is 0 Å². The van der Waals surface area contributed by atoms with Crippen LogP contribution in [0, 0.1) is 0 Å². The van der Waals surface area contributed by atoms with E-state index in [0.29, 0.717) is 6.61 Å². The number of aliphatic hydroxyl groups excluding tert-OH is 1. The third-order valence-corrected chi connectivity index (χ3v) is 4.75. The van der Waals surface area contributed by atoms with E-state index in [4.69, 9.17) is 4.74 Å². The van der Waals surface area contributed by atoms with Gasteiger partial charge in [0.15, 0.2) is 6.10 Å². The molecule has 0 amide bonds. The lowest BCUT2D eigenvalue weighted by Gasteiger charge is -2.10. The van der Waals surface area contributed by atoms with E-state index in [1.54, 1.807) is 0 Å². The van der Waals surface area contributed by atoms with E-state index in [2.05, 4.69) is 6.92 Å². The molecule has 0 bridgehead atoms. The summed E-state index contributed by atoms with van der Waals surface area (Å²) in [6.07, 6.45) is 11.7. The number of aliphatic hydroxyl groups is 1. The second-order valence-electron chi connectivity index (χ2n) is 6.28. The quantitative estimate of drug-likeness (QED) is 0.362. The molecular formula is C17H34O5S. The number of carbonyl (C=O) groups is 1. The Morgan fingerprint density at radius 2 is 1.43 bits per heavy atom. The van der Waals surface area contributed by atoms with E-state index >= 15 is 0 Å². The lowest BCUT2D eigenvalue weighted by atomic mass is 10.1. The predicted molar refractivity (Wildman–Crippen MR) is 93.1 cm³/mol. The summed E-state index contributed by atoms with van der Waals surface area (Å²) < 4.78 is 26.9. The Kier molecular flexibility index (Phi) is 13.4. The molecule has 0 aliphatic carbocycles. The molecule has 0 heterocycles. The summed E-state index contributed by atoms with van der Waals surface area (Å²) in [5.74, 6) is -0.925. The van der Waals surface area contributed by atoms with Crippen molar-refractivity contribution >= 4 is 15.8 Å². The Labute approximate surface area is 141 Å². The van der Waals surface area contributed by atoms with Crippen molar-refractivity contribution in [3.05, 3.63) is 0 Å². The van der Waals surface area contributed by atoms with Crippen LogP contribution in [-0.2, 0) is 19.4 Å². The van der Waals surface area contributed by atoms with E-state index in [1.165, 1.54) is 44.9 Å². The molecule has 0 fully saturated rings. The highest BCUT2D eigenvalue weighted by molar-refractivity contribution is 7.90. The van der Waals surface area contributed by atoms with Gasteiger partial charge in [0.25, 0.3) is 0 Å². The van der Waals surface area contributed by atoms with E-state index in [1.807, 2.05) is 0 Å². The Morgan fingerprint density at radius 3 is 1.91 bits per heavy atom. The Morgan fingerprint density at radius 1 is 0.957 bits per heavy atom. The molecule has 1 atom stereocenters. The summed E-state index contributed by atoms with van der Waals surface area (Å²) in [6, 6.07) is 0. The van der Waals surface area contributed by atoms with Crippen LogP contribution in [0.2, 0.25) is 0 Å². The van der Waals surface area contributed by atoms with Crippen LogP contribution < -0.4 is 0 Å². The van der Waals surface area contributed by atoms with Gasteiger partial charge in [-0.05, 0) is 12.8 Å². The maximum atomic E-state index is 11.5. The van der Waals surface area contributed by atoms with Crippen molar-refractivity contribution in [3.8, 4) is 0 Å². The van der Waals surface area contributed by atoms with Crippen molar-refractivity contribution in [2.45, 2.75) is 83.7 Å². The van der Waals surface area contributed by atoms with Gasteiger partial charge in [0.2, 0.25) is 0 Å². The van der Waals surface area contributed by atoms with Gasteiger partial charge in [0.05, 0.1) is 12.4 Å². The van der Waals surface area contributed by atoms with Gasteiger partial charge in [-0.15, -0.1) is 0 Å². The predicted octanol–water partition coefficient (Wildman–Crippen LogP) is 3.25. The van der Waals surface area contributed by atoms with Crippen molar-refractivity contribution in [2.24, 2.45) is 0 Å². The first-order valence-electron chi connectivity index (χ1n) is 8.89. The number of carbonyl (C=O) groups excluding carboxylic acids is 1. The molecule has 0 rings (SSSR count). The van der Waals surface area contributed by atoms with Crippen molar-refractivity contribution in [1.82, 2.24) is 0 Å². The van der Waals surface area contributed by atoms with E-state index < -0.39 is 21.9 Å². The fourth-order valence-electron chi connectivity index (χ4n) is 2.30. The molecule has 138 valence electrons. The van der Waals surface area contributed by atoms with E-state index in [0.717, 1.165) is 25.5 Å². The first-order chi connectivity index (χ1) is 10.9. The van der Waals surface area contributed by atoms with Crippen LogP contribution in [0.1, 0.15) is 77.6 Å². The maximum absolute atomic E-state index is 11.5. The van der Waals surface area contributed by atoms with Gasteiger partial charge in [-0.2, -0.15) is 0 Å². The van der Waals surface area contributed by atoms with Crippen LogP contribution in [0.15, 0.2) is 0 Å².